The molecule has 2 aromatic carbocycles. The number of amides is 3. The number of aromatic nitrogens is 1. The van der Waals surface area contributed by atoms with Gasteiger partial charge in [-0.25, -0.2) is 0 Å². The summed E-state index contributed by atoms with van der Waals surface area (Å²) in [6, 6.07) is 14.5. The molecule has 0 unspecified atom stereocenters. The van der Waals surface area contributed by atoms with E-state index < -0.39 is 11.8 Å². The van der Waals surface area contributed by atoms with Crippen LogP contribution in [0.3, 0.4) is 0 Å². The number of aliphatic hydroxyl groups is 1. The van der Waals surface area contributed by atoms with Gasteiger partial charge in [0, 0.05) is 36.8 Å². The topological polar surface area (TPSA) is 123 Å². The highest BCUT2D eigenvalue weighted by molar-refractivity contribution is 6.40. The quantitative estimate of drug-likeness (QED) is 0.287. The second kappa shape index (κ2) is 10.2. The molecule has 0 saturated heterocycles. The Morgan fingerprint density at radius 2 is 1.67 bits per heavy atom. The number of aromatic amines is 1. The summed E-state index contributed by atoms with van der Waals surface area (Å²) in [5, 5.41) is 17.6. The summed E-state index contributed by atoms with van der Waals surface area (Å²) < 4.78 is 0. The first-order chi connectivity index (χ1) is 14.6. The highest BCUT2D eigenvalue weighted by Crippen LogP contribution is 2.18. The fourth-order valence-corrected chi connectivity index (χ4v) is 3.07. The Hall–Kier alpha value is -3.65. The van der Waals surface area contributed by atoms with Crippen LogP contribution in [0.5, 0.6) is 0 Å². The number of anilines is 1. The van der Waals surface area contributed by atoms with Crippen LogP contribution >= 0.6 is 0 Å². The molecule has 0 aliphatic carbocycles. The molecule has 0 fully saturated rings. The zero-order valence-electron chi connectivity index (χ0n) is 16.4. The Labute approximate surface area is 173 Å². The van der Waals surface area contributed by atoms with E-state index in [4.69, 9.17) is 5.11 Å². The molecule has 8 nitrogen and oxygen atoms in total. The fourth-order valence-electron chi connectivity index (χ4n) is 3.07. The van der Waals surface area contributed by atoms with Crippen LogP contribution in [0.4, 0.5) is 5.69 Å². The molecular formula is C22H24N4O4. The van der Waals surface area contributed by atoms with Gasteiger partial charge in [0.2, 0.25) is 0 Å². The largest absolute Gasteiger partial charge is 0.396 e. The van der Waals surface area contributed by atoms with Crippen molar-refractivity contribution in [2.24, 2.45) is 0 Å². The van der Waals surface area contributed by atoms with Gasteiger partial charge in [-0.15, -0.1) is 0 Å². The van der Waals surface area contributed by atoms with Crippen LogP contribution in [0.15, 0.2) is 54.7 Å². The van der Waals surface area contributed by atoms with E-state index in [9.17, 15) is 14.4 Å². The lowest BCUT2D eigenvalue weighted by atomic mass is 10.1. The van der Waals surface area contributed by atoms with Crippen LogP contribution in [-0.2, 0) is 16.0 Å². The lowest BCUT2D eigenvalue weighted by Crippen LogP contribution is -2.36. The van der Waals surface area contributed by atoms with Crippen molar-refractivity contribution in [3.05, 3.63) is 65.9 Å². The molecule has 8 heteroatoms. The van der Waals surface area contributed by atoms with Crippen molar-refractivity contribution in [1.82, 2.24) is 15.6 Å². The van der Waals surface area contributed by atoms with Crippen molar-refractivity contribution in [1.29, 1.82) is 0 Å². The van der Waals surface area contributed by atoms with Crippen molar-refractivity contribution in [2.75, 3.05) is 25.0 Å². The molecule has 5 N–H and O–H groups in total. The number of fused-ring (bicyclic) bond motifs is 1. The molecular weight excluding hydrogens is 384 g/mol. The number of hydrogen-bond acceptors (Lipinski definition) is 4. The maximum atomic E-state index is 12.6. The van der Waals surface area contributed by atoms with E-state index in [1.54, 1.807) is 24.3 Å². The molecule has 30 heavy (non-hydrogen) atoms. The maximum Gasteiger partial charge on any atom is 0.313 e. The predicted molar refractivity (Wildman–Crippen MR) is 114 cm³/mol. The lowest BCUT2D eigenvalue weighted by Gasteiger charge is -2.11. The SMILES string of the molecule is O=C(NCCCO)C(=O)Nc1ccccc1C(=O)NCCc1c[nH]c2ccccc12. The summed E-state index contributed by atoms with van der Waals surface area (Å²) in [6.07, 6.45) is 2.94. The Bertz CT molecular complexity index is 1040. The smallest absolute Gasteiger partial charge is 0.313 e. The number of rotatable bonds is 8. The molecule has 0 saturated carbocycles. The molecule has 3 amide bonds. The molecule has 0 spiro atoms. The van der Waals surface area contributed by atoms with E-state index in [-0.39, 0.29) is 30.3 Å². The van der Waals surface area contributed by atoms with Crippen LogP contribution in [0.2, 0.25) is 0 Å². The van der Waals surface area contributed by atoms with Crippen molar-refractivity contribution in [2.45, 2.75) is 12.8 Å². The van der Waals surface area contributed by atoms with Crippen molar-refractivity contribution < 1.29 is 19.5 Å². The first-order valence-electron chi connectivity index (χ1n) is 9.72. The number of hydrogen-bond donors (Lipinski definition) is 5. The van der Waals surface area contributed by atoms with Crippen LogP contribution in [0, 0.1) is 0 Å². The minimum absolute atomic E-state index is 0.0799. The summed E-state index contributed by atoms with van der Waals surface area (Å²) in [5.41, 5.74) is 2.67. The predicted octanol–water partition coefficient (Wildman–Crippen LogP) is 1.58. The molecule has 156 valence electrons. The fraction of sp³-hybridized carbons (Fsp3) is 0.227. The van der Waals surface area contributed by atoms with Crippen LogP contribution in [0.25, 0.3) is 10.9 Å². The number of aliphatic hydroxyl groups excluding tert-OH is 1. The van der Waals surface area contributed by atoms with Gasteiger partial charge in [-0.3, -0.25) is 14.4 Å². The average molecular weight is 408 g/mol. The summed E-state index contributed by atoms with van der Waals surface area (Å²) in [7, 11) is 0. The lowest BCUT2D eigenvalue weighted by molar-refractivity contribution is -0.136. The van der Waals surface area contributed by atoms with Gasteiger partial charge in [0.05, 0.1) is 11.3 Å². The first kappa shape index (κ1) is 21.1. The Kier molecular flexibility index (Phi) is 7.18. The zero-order valence-corrected chi connectivity index (χ0v) is 16.4. The molecule has 0 aliphatic heterocycles. The van der Waals surface area contributed by atoms with Gasteiger partial charge in [-0.05, 0) is 36.6 Å². The van der Waals surface area contributed by atoms with Crippen LogP contribution < -0.4 is 16.0 Å². The van der Waals surface area contributed by atoms with Crippen molar-refractivity contribution >= 4 is 34.3 Å². The second-order valence-corrected chi connectivity index (χ2v) is 6.70. The number of carbonyl (C=O) groups is 3. The number of para-hydroxylation sites is 2. The van der Waals surface area contributed by atoms with E-state index in [0.29, 0.717) is 19.4 Å². The van der Waals surface area contributed by atoms with Gasteiger partial charge < -0.3 is 26.0 Å². The molecule has 0 aliphatic rings. The first-order valence-corrected chi connectivity index (χ1v) is 9.72. The molecule has 0 atom stereocenters. The van der Waals surface area contributed by atoms with Gasteiger partial charge >= 0.3 is 11.8 Å². The average Bonchev–Trinajstić information content (AvgIpc) is 3.17. The Morgan fingerprint density at radius 1 is 0.900 bits per heavy atom. The molecule has 0 radical (unpaired) electrons. The molecule has 3 aromatic rings. The Morgan fingerprint density at radius 3 is 2.50 bits per heavy atom. The number of H-pyrrole nitrogens is 1. The number of benzene rings is 2. The van der Waals surface area contributed by atoms with Gasteiger partial charge in [0.1, 0.15) is 0 Å². The third-order valence-electron chi connectivity index (χ3n) is 4.60. The molecule has 1 aromatic heterocycles. The van der Waals surface area contributed by atoms with Gasteiger partial charge in [0.15, 0.2) is 0 Å². The normalized spacial score (nSPS) is 10.6. The standard InChI is InChI=1S/C22H24N4O4/c27-13-5-11-23-21(29)22(30)26-19-9-4-2-7-17(19)20(28)24-12-10-15-14-25-18-8-3-1-6-16(15)18/h1-4,6-9,14,25,27H,5,10-13H2,(H,23,29)(H,24,28)(H,26,30). The van der Waals surface area contributed by atoms with Gasteiger partial charge in [-0.1, -0.05) is 30.3 Å². The third-order valence-corrected chi connectivity index (χ3v) is 4.60. The highest BCUT2D eigenvalue weighted by atomic mass is 16.3. The van der Waals surface area contributed by atoms with E-state index in [0.717, 1.165) is 16.5 Å². The van der Waals surface area contributed by atoms with Crippen molar-refractivity contribution in [3.63, 3.8) is 0 Å². The van der Waals surface area contributed by atoms with Crippen LogP contribution in [-0.4, -0.2) is 47.5 Å². The molecule has 3 rings (SSSR count). The van der Waals surface area contributed by atoms with E-state index in [2.05, 4.69) is 20.9 Å². The summed E-state index contributed by atoms with van der Waals surface area (Å²) in [6.45, 7) is 0.535. The van der Waals surface area contributed by atoms with Gasteiger partial charge in [-0.2, -0.15) is 0 Å². The summed E-state index contributed by atoms with van der Waals surface area (Å²) in [4.78, 5) is 39.7. The van der Waals surface area contributed by atoms with E-state index >= 15 is 0 Å². The van der Waals surface area contributed by atoms with Crippen molar-refractivity contribution in [3.8, 4) is 0 Å². The highest BCUT2D eigenvalue weighted by Gasteiger charge is 2.17. The summed E-state index contributed by atoms with van der Waals surface area (Å²) in [5.74, 6) is -2.03. The number of carbonyl (C=O) groups excluding carboxylic acids is 3. The maximum absolute atomic E-state index is 12.6. The zero-order chi connectivity index (χ0) is 21.3. The second-order valence-electron chi connectivity index (χ2n) is 6.70. The summed E-state index contributed by atoms with van der Waals surface area (Å²) >= 11 is 0. The number of nitrogens with one attached hydrogen (secondary N) is 4. The van der Waals surface area contributed by atoms with E-state index in [1.807, 2.05) is 30.5 Å². The molecule has 0 bridgehead atoms. The monoisotopic (exact) mass is 408 g/mol. The minimum atomic E-state index is -0.869. The Balaban J connectivity index is 1.58. The third kappa shape index (κ3) is 5.24. The molecule has 1 heterocycles. The minimum Gasteiger partial charge on any atom is -0.396 e. The van der Waals surface area contributed by atoms with E-state index in [1.165, 1.54) is 0 Å². The van der Waals surface area contributed by atoms with Crippen LogP contribution in [0.1, 0.15) is 22.3 Å². The van der Waals surface area contributed by atoms with Gasteiger partial charge in [0.25, 0.3) is 5.91 Å².